The Labute approximate surface area is 128 Å². The van der Waals surface area contributed by atoms with E-state index in [1.807, 2.05) is 43.4 Å². The average Bonchev–Trinajstić information content (AvgIpc) is 2.91. The van der Waals surface area contributed by atoms with Gasteiger partial charge in [0.05, 0.1) is 0 Å². The van der Waals surface area contributed by atoms with Crippen LogP contribution >= 0.6 is 0 Å². The first-order valence-corrected chi connectivity index (χ1v) is 7.09. The lowest BCUT2D eigenvalue weighted by atomic mass is 10.1. The van der Waals surface area contributed by atoms with E-state index in [0.29, 0.717) is 6.42 Å². The van der Waals surface area contributed by atoms with Crippen LogP contribution in [0.15, 0.2) is 42.6 Å². The van der Waals surface area contributed by atoms with Crippen molar-refractivity contribution in [3.8, 4) is 0 Å². The van der Waals surface area contributed by atoms with Crippen LogP contribution < -0.4 is 5.32 Å². The molecular weight excluding hydrogens is 282 g/mol. The molecule has 0 unspecified atom stereocenters. The monoisotopic (exact) mass is 301 g/mol. The van der Waals surface area contributed by atoms with Gasteiger partial charge in [-0.2, -0.15) is 5.10 Å². The Kier molecular flexibility index (Phi) is 5.30. The summed E-state index contributed by atoms with van der Waals surface area (Å²) in [6.45, 7) is 0. The van der Waals surface area contributed by atoms with Gasteiger partial charge in [-0.05, 0) is 18.1 Å². The number of carbonyl (C=O) groups is 2. The number of hydrogen-bond donors (Lipinski definition) is 2. The molecule has 0 fully saturated rings. The number of carboxylic acid groups (broad SMARTS) is 1. The molecule has 116 valence electrons. The fourth-order valence-corrected chi connectivity index (χ4v) is 2.20. The topological polar surface area (TPSA) is 84.2 Å². The van der Waals surface area contributed by atoms with Crippen LogP contribution in [0.5, 0.6) is 0 Å². The van der Waals surface area contributed by atoms with E-state index >= 15 is 0 Å². The van der Waals surface area contributed by atoms with Crippen molar-refractivity contribution < 1.29 is 14.7 Å². The molecule has 0 saturated heterocycles. The number of aryl methyl sites for hydroxylation is 2. The predicted octanol–water partition coefficient (Wildman–Crippen LogP) is 1.16. The number of nitrogens with one attached hydrogen (secondary N) is 1. The van der Waals surface area contributed by atoms with Crippen LogP contribution in [0.1, 0.15) is 17.7 Å². The standard InChI is InChI=1S/C16H19N3O3/c1-19-13(9-10-17-19)7-8-15(20)18-14(16(21)22)11-12-5-3-2-4-6-12/h2-6,9-10,14H,7-8,11H2,1H3,(H,18,20)(H,21,22)/t14-/m1/s1. The van der Waals surface area contributed by atoms with Crippen molar-refractivity contribution in [2.75, 3.05) is 0 Å². The van der Waals surface area contributed by atoms with Crippen LogP contribution in [0, 0.1) is 0 Å². The molecule has 2 aromatic rings. The fraction of sp³-hybridized carbons (Fsp3) is 0.312. The first kappa shape index (κ1) is 15.8. The summed E-state index contributed by atoms with van der Waals surface area (Å²) in [5.74, 6) is -1.30. The van der Waals surface area contributed by atoms with Gasteiger partial charge in [0.2, 0.25) is 5.91 Å². The summed E-state index contributed by atoms with van der Waals surface area (Å²) in [4.78, 5) is 23.2. The summed E-state index contributed by atoms with van der Waals surface area (Å²) in [6.07, 6.45) is 2.70. The zero-order valence-corrected chi connectivity index (χ0v) is 12.4. The van der Waals surface area contributed by atoms with Crippen molar-refractivity contribution in [1.82, 2.24) is 15.1 Å². The first-order valence-electron chi connectivity index (χ1n) is 7.09. The van der Waals surface area contributed by atoms with E-state index in [4.69, 9.17) is 0 Å². The summed E-state index contributed by atoms with van der Waals surface area (Å²) in [7, 11) is 1.81. The highest BCUT2D eigenvalue weighted by Crippen LogP contribution is 2.05. The summed E-state index contributed by atoms with van der Waals surface area (Å²) < 4.78 is 1.70. The molecule has 0 saturated carbocycles. The number of amides is 1. The van der Waals surface area contributed by atoms with E-state index in [1.54, 1.807) is 10.9 Å². The maximum atomic E-state index is 12.0. The first-order chi connectivity index (χ1) is 10.6. The van der Waals surface area contributed by atoms with Gasteiger partial charge >= 0.3 is 5.97 Å². The highest BCUT2D eigenvalue weighted by atomic mass is 16.4. The number of aromatic nitrogens is 2. The molecule has 0 spiro atoms. The minimum absolute atomic E-state index is 0.234. The Hall–Kier alpha value is -2.63. The molecule has 2 N–H and O–H groups in total. The van der Waals surface area contributed by atoms with Crippen molar-refractivity contribution in [2.45, 2.75) is 25.3 Å². The largest absolute Gasteiger partial charge is 0.480 e. The highest BCUT2D eigenvalue weighted by Gasteiger charge is 2.20. The number of rotatable bonds is 7. The molecule has 1 aromatic heterocycles. The summed E-state index contributed by atoms with van der Waals surface area (Å²) in [6, 6.07) is 10.2. The molecule has 6 nitrogen and oxygen atoms in total. The third-order valence-electron chi connectivity index (χ3n) is 3.45. The summed E-state index contributed by atoms with van der Waals surface area (Å²) >= 11 is 0. The van der Waals surface area contributed by atoms with Gasteiger partial charge < -0.3 is 10.4 Å². The molecule has 1 aromatic carbocycles. The lowest BCUT2D eigenvalue weighted by Gasteiger charge is -2.14. The molecule has 0 aliphatic carbocycles. The Morgan fingerprint density at radius 2 is 2.00 bits per heavy atom. The van der Waals surface area contributed by atoms with Gasteiger partial charge in [-0.15, -0.1) is 0 Å². The molecule has 1 heterocycles. The third kappa shape index (κ3) is 4.44. The molecule has 6 heteroatoms. The number of carboxylic acids is 1. The van der Waals surface area contributed by atoms with E-state index in [2.05, 4.69) is 10.4 Å². The Morgan fingerprint density at radius 3 is 2.59 bits per heavy atom. The zero-order chi connectivity index (χ0) is 15.9. The number of carbonyl (C=O) groups excluding carboxylic acids is 1. The third-order valence-corrected chi connectivity index (χ3v) is 3.45. The normalized spacial score (nSPS) is 11.9. The molecule has 22 heavy (non-hydrogen) atoms. The van der Waals surface area contributed by atoms with Gasteiger partial charge in [0.25, 0.3) is 0 Å². The SMILES string of the molecule is Cn1nccc1CCC(=O)N[C@H](Cc1ccccc1)C(=O)O. The smallest absolute Gasteiger partial charge is 0.326 e. The van der Waals surface area contributed by atoms with Gasteiger partial charge in [0.1, 0.15) is 6.04 Å². The van der Waals surface area contributed by atoms with E-state index in [0.717, 1.165) is 11.3 Å². The van der Waals surface area contributed by atoms with Gasteiger partial charge in [-0.25, -0.2) is 4.79 Å². The lowest BCUT2D eigenvalue weighted by Crippen LogP contribution is -2.42. The Bertz CT molecular complexity index is 637. The quantitative estimate of drug-likeness (QED) is 0.804. The number of aliphatic carboxylic acids is 1. The maximum Gasteiger partial charge on any atom is 0.326 e. The minimum atomic E-state index is -1.03. The van der Waals surface area contributed by atoms with Crippen molar-refractivity contribution in [3.63, 3.8) is 0 Å². The van der Waals surface area contributed by atoms with E-state index < -0.39 is 12.0 Å². The van der Waals surface area contributed by atoms with Crippen LogP contribution in [-0.2, 0) is 29.5 Å². The van der Waals surface area contributed by atoms with Crippen LogP contribution in [0.25, 0.3) is 0 Å². The second-order valence-electron chi connectivity index (χ2n) is 5.09. The fourth-order valence-electron chi connectivity index (χ4n) is 2.20. The molecule has 0 aliphatic rings. The van der Waals surface area contributed by atoms with Crippen molar-refractivity contribution in [3.05, 3.63) is 53.9 Å². The summed E-state index contributed by atoms with van der Waals surface area (Å²) in [5.41, 5.74) is 1.81. The van der Waals surface area contributed by atoms with Crippen molar-refractivity contribution >= 4 is 11.9 Å². The molecule has 0 aliphatic heterocycles. The van der Waals surface area contributed by atoms with E-state index in [-0.39, 0.29) is 18.7 Å². The van der Waals surface area contributed by atoms with Gasteiger partial charge in [-0.3, -0.25) is 9.48 Å². The molecule has 2 rings (SSSR count). The van der Waals surface area contributed by atoms with Crippen molar-refractivity contribution in [2.24, 2.45) is 7.05 Å². The molecule has 0 bridgehead atoms. The number of hydrogen-bond acceptors (Lipinski definition) is 3. The van der Waals surface area contributed by atoms with Gasteiger partial charge in [0, 0.05) is 31.8 Å². The van der Waals surface area contributed by atoms with Gasteiger partial charge in [0.15, 0.2) is 0 Å². The minimum Gasteiger partial charge on any atom is -0.480 e. The van der Waals surface area contributed by atoms with Crippen LogP contribution in [0.3, 0.4) is 0 Å². The Morgan fingerprint density at radius 1 is 1.27 bits per heavy atom. The average molecular weight is 301 g/mol. The lowest BCUT2D eigenvalue weighted by molar-refractivity contribution is -0.141. The zero-order valence-electron chi connectivity index (χ0n) is 12.4. The summed E-state index contributed by atoms with van der Waals surface area (Å²) in [5, 5.41) is 15.9. The molecular formula is C16H19N3O3. The Balaban J connectivity index is 1.89. The molecule has 0 radical (unpaired) electrons. The molecule has 1 atom stereocenters. The highest BCUT2D eigenvalue weighted by molar-refractivity contribution is 5.83. The van der Waals surface area contributed by atoms with Crippen LogP contribution in [0.2, 0.25) is 0 Å². The van der Waals surface area contributed by atoms with Crippen molar-refractivity contribution in [1.29, 1.82) is 0 Å². The van der Waals surface area contributed by atoms with E-state index in [1.165, 1.54) is 0 Å². The van der Waals surface area contributed by atoms with Crippen LogP contribution in [-0.4, -0.2) is 32.8 Å². The second-order valence-corrected chi connectivity index (χ2v) is 5.09. The number of nitrogens with zero attached hydrogens (tertiary/aromatic N) is 2. The predicted molar refractivity (Wildman–Crippen MR) is 81.2 cm³/mol. The number of benzene rings is 1. The van der Waals surface area contributed by atoms with Crippen LogP contribution in [0.4, 0.5) is 0 Å². The van der Waals surface area contributed by atoms with Gasteiger partial charge in [-0.1, -0.05) is 30.3 Å². The maximum absolute atomic E-state index is 12.0. The molecule has 1 amide bonds. The second kappa shape index (κ2) is 7.40. The van der Waals surface area contributed by atoms with E-state index in [9.17, 15) is 14.7 Å².